The Hall–Kier alpha value is -1.86. The van der Waals surface area contributed by atoms with Gasteiger partial charge in [-0.1, -0.05) is 30.3 Å². The number of hydrogen-bond donors (Lipinski definition) is 0. The van der Waals surface area contributed by atoms with Crippen molar-refractivity contribution in [2.75, 3.05) is 0 Å². The van der Waals surface area contributed by atoms with Crippen molar-refractivity contribution in [3.05, 3.63) is 35.9 Å². The van der Waals surface area contributed by atoms with Crippen LogP contribution in [0, 0.1) is 11.3 Å². The topological polar surface area (TPSA) is 62.6 Å². The highest BCUT2D eigenvalue weighted by Crippen LogP contribution is 2.50. The van der Waals surface area contributed by atoms with Crippen LogP contribution in [0.4, 0.5) is 0 Å². The Morgan fingerprint density at radius 1 is 1.39 bits per heavy atom. The van der Waals surface area contributed by atoms with E-state index in [9.17, 15) is 10.1 Å². The summed E-state index contributed by atoms with van der Waals surface area (Å²) in [6.07, 6.45) is -0.529. The third-order valence-corrected chi connectivity index (χ3v) is 2.59. The molecule has 4 nitrogen and oxygen atoms in total. The first-order valence-electron chi connectivity index (χ1n) is 5.76. The molecule has 1 fully saturated rings. The molecule has 0 bridgehead atoms. The van der Waals surface area contributed by atoms with E-state index in [1.807, 2.05) is 36.4 Å². The van der Waals surface area contributed by atoms with Crippen LogP contribution in [0.15, 0.2) is 30.3 Å². The highest BCUT2D eigenvalue weighted by molar-refractivity contribution is 5.87. The molecule has 0 aromatic heterocycles. The van der Waals surface area contributed by atoms with E-state index in [2.05, 4.69) is 0 Å². The lowest BCUT2D eigenvalue weighted by Gasteiger charge is -2.20. The van der Waals surface area contributed by atoms with Crippen molar-refractivity contribution in [2.45, 2.75) is 38.1 Å². The first-order valence-corrected chi connectivity index (χ1v) is 5.76. The Bertz CT molecular complexity index is 498. The third kappa shape index (κ3) is 2.22. The summed E-state index contributed by atoms with van der Waals surface area (Å²) in [6, 6.07) is 11.1. The van der Waals surface area contributed by atoms with Crippen molar-refractivity contribution in [1.82, 2.24) is 0 Å². The molecule has 2 rings (SSSR count). The molecular weight excluding hydrogens is 230 g/mol. The van der Waals surface area contributed by atoms with Crippen LogP contribution >= 0.6 is 0 Å². The smallest absolute Gasteiger partial charge is 0.357 e. The molecule has 1 aliphatic heterocycles. The minimum atomic E-state index is -1.48. The van der Waals surface area contributed by atoms with E-state index in [0.717, 1.165) is 5.56 Å². The van der Waals surface area contributed by atoms with Gasteiger partial charge in [0.2, 0.25) is 0 Å². The molecule has 2 atom stereocenters. The Morgan fingerprint density at radius 2 is 2.00 bits per heavy atom. The third-order valence-electron chi connectivity index (χ3n) is 2.59. The van der Waals surface area contributed by atoms with Crippen molar-refractivity contribution in [3.8, 4) is 6.07 Å². The second kappa shape index (κ2) is 4.11. The fourth-order valence-corrected chi connectivity index (χ4v) is 1.72. The minimum absolute atomic E-state index is 0.529. The first-order chi connectivity index (χ1) is 8.39. The Labute approximate surface area is 106 Å². The lowest BCUT2D eigenvalue weighted by Crippen LogP contribution is -2.33. The highest BCUT2D eigenvalue weighted by Gasteiger charge is 2.66. The zero-order valence-electron chi connectivity index (χ0n) is 10.6. The summed E-state index contributed by atoms with van der Waals surface area (Å²) in [5.41, 5.74) is -1.30. The summed E-state index contributed by atoms with van der Waals surface area (Å²) in [5.74, 6) is -0.619. The second-order valence-electron chi connectivity index (χ2n) is 5.26. The summed E-state index contributed by atoms with van der Waals surface area (Å²) < 4.78 is 10.5. The summed E-state index contributed by atoms with van der Waals surface area (Å²) in [7, 11) is 0. The van der Waals surface area contributed by atoms with Gasteiger partial charge in [-0.25, -0.2) is 4.79 Å². The molecule has 0 radical (unpaired) electrons. The normalized spacial score (nSPS) is 26.2. The molecule has 0 spiro atoms. The molecule has 94 valence electrons. The molecular formula is C14H15NO3. The number of esters is 1. The Morgan fingerprint density at radius 3 is 2.50 bits per heavy atom. The molecule has 4 heteroatoms. The Balaban J connectivity index is 2.17. The standard InChI is InChI=1S/C14H15NO3/c1-13(2,3)18-12(16)14(9-15)11(17-14)10-7-5-4-6-8-10/h4-8,11H,1-3H3. The maximum Gasteiger partial charge on any atom is 0.357 e. The van der Waals surface area contributed by atoms with Crippen molar-refractivity contribution in [2.24, 2.45) is 0 Å². The van der Waals surface area contributed by atoms with Gasteiger partial charge in [-0.15, -0.1) is 0 Å². The SMILES string of the molecule is CC(C)(C)OC(=O)C1(C#N)OC1c1ccccc1. The lowest BCUT2D eigenvalue weighted by atomic mass is 10.0. The zero-order chi connectivity index (χ0) is 13.4. The van der Waals surface area contributed by atoms with Gasteiger partial charge in [0.05, 0.1) is 0 Å². The average Bonchev–Trinajstić information content (AvgIpc) is 3.04. The predicted molar refractivity (Wildman–Crippen MR) is 64.5 cm³/mol. The van der Waals surface area contributed by atoms with Crippen LogP contribution in [0.2, 0.25) is 0 Å². The zero-order valence-corrected chi connectivity index (χ0v) is 10.6. The summed E-state index contributed by atoms with van der Waals surface area (Å²) in [5, 5.41) is 9.18. The minimum Gasteiger partial charge on any atom is -0.457 e. The number of rotatable bonds is 2. The number of carbonyl (C=O) groups is 1. The fraction of sp³-hybridized carbons (Fsp3) is 0.429. The van der Waals surface area contributed by atoms with Gasteiger partial charge in [0.25, 0.3) is 5.60 Å². The van der Waals surface area contributed by atoms with Gasteiger partial charge in [-0.3, -0.25) is 0 Å². The molecule has 1 saturated heterocycles. The van der Waals surface area contributed by atoms with Gasteiger partial charge in [0.15, 0.2) is 0 Å². The van der Waals surface area contributed by atoms with Gasteiger partial charge in [0, 0.05) is 0 Å². The molecule has 2 unspecified atom stereocenters. The van der Waals surface area contributed by atoms with E-state index in [-0.39, 0.29) is 0 Å². The van der Waals surface area contributed by atoms with E-state index in [0.29, 0.717) is 0 Å². The van der Waals surface area contributed by atoms with E-state index in [4.69, 9.17) is 9.47 Å². The summed E-state index contributed by atoms with van der Waals surface area (Å²) >= 11 is 0. The van der Waals surface area contributed by atoms with Crippen molar-refractivity contribution in [1.29, 1.82) is 5.26 Å². The highest BCUT2D eigenvalue weighted by atomic mass is 16.7. The number of nitrogens with zero attached hydrogens (tertiary/aromatic N) is 1. The van der Waals surface area contributed by atoms with E-state index in [1.165, 1.54) is 0 Å². The van der Waals surface area contributed by atoms with Crippen LogP contribution in [-0.4, -0.2) is 17.2 Å². The molecule has 0 saturated carbocycles. The number of ether oxygens (including phenoxy) is 2. The van der Waals surface area contributed by atoms with Crippen molar-refractivity contribution < 1.29 is 14.3 Å². The quantitative estimate of drug-likeness (QED) is 0.592. The Kier molecular flexibility index (Phi) is 2.88. The lowest BCUT2D eigenvalue weighted by molar-refractivity contribution is -0.159. The molecule has 1 aromatic carbocycles. The number of hydrogen-bond acceptors (Lipinski definition) is 4. The average molecular weight is 245 g/mol. The molecule has 1 aromatic rings. The molecule has 0 aliphatic carbocycles. The number of benzene rings is 1. The van der Waals surface area contributed by atoms with Crippen LogP contribution in [0.25, 0.3) is 0 Å². The maximum absolute atomic E-state index is 12.0. The first kappa shape index (κ1) is 12.6. The molecule has 1 aliphatic rings. The molecule has 18 heavy (non-hydrogen) atoms. The van der Waals surface area contributed by atoms with Crippen molar-refractivity contribution >= 4 is 5.97 Å². The summed E-state index contributed by atoms with van der Waals surface area (Å²) in [6.45, 7) is 5.28. The fourth-order valence-electron chi connectivity index (χ4n) is 1.72. The van der Waals surface area contributed by atoms with Gasteiger partial charge in [-0.2, -0.15) is 5.26 Å². The van der Waals surface area contributed by atoms with E-state index >= 15 is 0 Å². The number of nitriles is 1. The van der Waals surface area contributed by atoms with Crippen molar-refractivity contribution in [3.63, 3.8) is 0 Å². The number of epoxide rings is 1. The van der Waals surface area contributed by atoms with E-state index in [1.54, 1.807) is 20.8 Å². The molecule has 0 N–H and O–H groups in total. The van der Waals surface area contributed by atoms with E-state index < -0.39 is 23.3 Å². The van der Waals surface area contributed by atoms with Gasteiger partial charge < -0.3 is 9.47 Å². The summed E-state index contributed by atoms with van der Waals surface area (Å²) in [4.78, 5) is 12.0. The maximum atomic E-state index is 12.0. The molecule has 0 amide bonds. The van der Waals surface area contributed by atoms with Crippen LogP contribution in [0.5, 0.6) is 0 Å². The number of carbonyl (C=O) groups excluding carboxylic acids is 1. The van der Waals surface area contributed by atoms with Crippen LogP contribution < -0.4 is 0 Å². The van der Waals surface area contributed by atoms with Crippen LogP contribution in [0.3, 0.4) is 0 Å². The van der Waals surface area contributed by atoms with Gasteiger partial charge in [-0.05, 0) is 26.3 Å². The van der Waals surface area contributed by atoms with Crippen LogP contribution in [-0.2, 0) is 14.3 Å². The van der Waals surface area contributed by atoms with Gasteiger partial charge >= 0.3 is 5.97 Å². The predicted octanol–water partition coefficient (Wildman–Crippen LogP) is 2.36. The van der Waals surface area contributed by atoms with Gasteiger partial charge in [0.1, 0.15) is 17.8 Å². The largest absolute Gasteiger partial charge is 0.457 e. The second-order valence-corrected chi connectivity index (χ2v) is 5.26. The molecule has 1 heterocycles. The monoisotopic (exact) mass is 245 g/mol. The van der Waals surface area contributed by atoms with Crippen LogP contribution in [0.1, 0.15) is 32.4 Å².